The number of aryl methyl sites for hydroxylation is 1. The van der Waals surface area contributed by atoms with Crippen LogP contribution in [0.1, 0.15) is 43.7 Å². The fourth-order valence-corrected chi connectivity index (χ4v) is 3.89. The predicted octanol–water partition coefficient (Wildman–Crippen LogP) is 4.47. The summed E-state index contributed by atoms with van der Waals surface area (Å²) in [7, 11) is 1.58. The van der Waals surface area contributed by atoms with Crippen LogP contribution in [0.3, 0.4) is 0 Å². The zero-order valence-electron chi connectivity index (χ0n) is 17.4. The number of esters is 1. The van der Waals surface area contributed by atoms with Crippen LogP contribution in [0, 0.1) is 6.92 Å². The highest BCUT2D eigenvalue weighted by molar-refractivity contribution is 5.81. The van der Waals surface area contributed by atoms with Crippen molar-refractivity contribution in [3.05, 3.63) is 59.7 Å². The Morgan fingerprint density at radius 2 is 1.79 bits per heavy atom. The Morgan fingerprint density at radius 3 is 2.48 bits per heavy atom. The Morgan fingerprint density at radius 1 is 1.07 bits per heavy atom. The third-order valence-corrected chi connectivity index (χ3v) is 5.46. The molecule has 0 bridgehead atoms. The molecule has 1 fully saturated rings. The Balaban J connectivity index is 1.70. The Bertz CT molecular complexity index is 871. The van der Waals surface area contributed by atoms with Crippen molar-refractivity contribution in [3.8, 4) is 11.1 Å². The van der Waals surface area contributed by atoms with E-state index in [1.807, 2.05) is 36.4 Å². The first kappa shape index (κ1) is 21.1. The van der Waals surface area contributed by atoms with Crippen LogP contribution >= 0.6 is 0 Å². The second kappa shape index (κ2) is 9.23. The molecule has 5 heteroatoms. The zero-order valence-corrected chi connectivity index (χ0v) is 17.4. The van der Waals surface area contributed by atoms with Gasteiger partial charge in [0.25, 0.3) is 0 Å². The second-order valence-electron chi connectivity index (χ2n) is 7.60. The summed E-state index contributed by atoms with van der Waals surface area (Å²) in [5.74, 6) is -0.568. The second-order valence-corrected chi connectivity index (χ2v) is 7.60. The van der Waals surface area contributed by atoms with Gasteiger partial charge < -0.3 is 4.74 Å². The molecule has 5 nitrogen and oxygen atoms in total. The van der Waals surface area contributed by atoms with Crippen molar-refractivity contribution in [2.24, 2.45) is 0 Å². The number of hydrogen-bond acceptors (Lipinski definition) is 4. The van der Waals surface area contributed by atoms with E-state index < -0.39 is 5.60 Å². The van der Waals surface area contributed by atoms with Gasteiger partial charge in [0.2, 0.25) is 5.91 Å². The van der Waals surface area contributed by atoms with Crippen LogP contribution in [0.5, 0.6) is 0 Å². The van der Waals surface area contributed by atoms with E-state index in [0.717, 1.165) is 29.5 Å². The van der Waals surface area contributed by atoms with Gasteiger partial charge in [-0.1, -0.05) is 48.5 Å². The van der Waals surface area contributed by atoms with E-state index in [-0.39, 0.29) is 18.3 Å². The van der Waals surface area contributed by atoms with Crippen molar-refractivity contribution in [2.45, 2.75) is 51.6 Å². The van der Waals surface area contributed by atoms with Crippen LogP contribution in [0.15, 0.2) is 48.5 Å². The Hall–Kier alpha value is -2.66. The molecular formula is C24H29NO4. The normalized spacial score (nSPS) is 15.1. The van der Waals surface area contributed by atoms with Crippen molar-refractivity contribution in [2.75, 3.05) is 13.7 Å². The molecular weight excluding hydrogens is 366 g/mol. The molecule has 0 radical (unpaired) electrons. The summed E-state index contributed by atoms with van der Waals surface area (Å²) >= 11 is 0. The molecule has 0 aliphatic heterocycles. The number of likely N-dealkylation sites (N-methyl/N-ethyl adjacent to an activating group) is 1. The average molecular weight is 395 g/mol. The molecule has 3 rings (SSSR count). The lowest BCUT2D eigenvalue weighted by molar-refractivity contribution is -0.237. The lowest BCUT2D eigenvalue weighted by Gasteiger charge is -2.31. The molecule has 1 saturated carbocycles. The SMILES string of the molecule is CCOC(=O)C1(ON(C)C(=O)Cc2cccc(-c3ccccc3C)c2)CCCC1. The van der Waals surface area contributed by atoms with Crippen LogP contribution in [0.4, 0.5) is 0 Å². The Labute approximate surface area is 172 Å². The molecule has 0 unspecified atom stereocenters. The van der Waals surface area contributed by atoms with Crippen molar-refractivity contribution >= 4 is 11.9 Å². The molecule has 0 spiro atoms. The van der Waals surface area contributed by atoms with E-state index in [9.17, 15) is 9.59 Å². The van der Waals surface area contributed by atoms with E-state index in [1.165, 1.54) is 10.6 Å². The summed E-state index contributed by atoms with van der Waals surface area (Å²) in [5, 5.41) is 1.21. The van der Waals surface area contributed by atoms with Gasteiger partial charge in [0.05, 0.1) is 13.0 Å². The molecule has 2 aromatic carbocycles. The van der Waals surface area contributed by atoms with Crippen LogP contribution in [0.25, 0.3) is 11.1 Å². The van der Waals surface area contributed by atoms with E-state index in [0.29, 0.717) is 19.4 Å². The van der Waals surface area contributed by atoms with Crippen molar-refractivity contribution < 1.29 is 19.2 Å². The summed E-state index contributed by atoms with van der Waals surface area (Å²) in [5.41, 5.74) is 3.29. The molecule has 2 aromatic rings. The highest BCUT2D eigenvalue weighted by Gasteiger charge is 2.46. The van der Waals surface area contributed by atoms with Crippen LogP contribution in [0.2, 0.25) is 0 Å². The van der Waals surface area contributed by atoms with Crippen LogP contribution < -0.4 is 0 Å². The van der Waals surface area contributed by atoms with Gasteiger partial charge in [0, 0.05) is 7.05 Å². The molecule has 1 aliphatic rings. The molecule has 1 aliphatic carbocycles. The van der Waals surface area contributed by atoms with E-state index in [2.05, 4.69) is 19.1 Å². The molecule has 0 aromatic heterocycles. The number of amides is 1. The smallest absolute Gasteiger partial charge is 0.341 e. The predicted molar refractivity (Wildman–Crippen MR) is 112 cm³/mol. The fourth-order valence-electron chi connectivity index (χ4n) is 3.89. The quantitative estimate of drug-likeness (QED) is 0.513. The van der Waals surface area contributed by atoms with Gasteiger partial charge in [-0.25, -0.2) is 9.86 Å². The lowest BCUT2D eigenvalue weighted by Crippen LogP contribution is -2.46. The van der Waals surface area contributed by atoms with Crippen LogP contribution in [-0.4, -0.2) is 36.2 Å². The highest BCUT2D eigenvalue weighted by Crippen LogP contribution is 2.35. The minimum atomic E-state index is -1.04. The van der Waals surface area contributed by atoms with E-state index in [4.69, 9.17) is 9.57 Å². The standard InChI is InChI=1S/C24H29NO4/c1-4-28-23(27)24(14-7-8-15-24)29-25(3)22(26)17-19-11-9-12-20(16-19)21-13-6-5-10-18(21)2/h5-6,9-13,16H,4,7-8,14-15,17H2,1-3H3. The number of rotatable bonds is 7. The van der Waals surface area contributed by atoms with Crippen molar-refractivity contribution in [3.63, 3.8) is 0 Å². The first-order valence-corrected chi connectivity index (χ1v) is 10.2. The highest BCUT2D eigenvalue weighted by atomic mass is 16.7. The van der Waals surface area contributed by atoms with Gasteiger partial charge in [-0.3, -0.25) is 9.63 Å². The summed E-state index contributed by atoms with van der Waals surface area (Å²) in [6.45, 7) is 4.15. The molecule has 29 heavy (non-hydrogen) atoms. The van der Waals surface area contributed by atoms with E-state index in [1.54, 1.807) is 14.0 Å². The van der Waals surface area contributed by atoms with Crippen LogP contribution in [-0.2, 0) is 25.6 Å². The first-order valence-electron chi connectivity index (χ1n) is 10.2. The van der Waals surface area contributed by atoms with Crippen molar-refractivity contribution in [1.29, 1.82) is 0 Å². The Kier molecular flexibility index (Phi) is 6.70. The molecule has 1 amide bonds. The number of benzene rings is 2. The third-order valence-electron chi connectivity index (χ3n) is 5.46. The van der Waals surface area contributed by atoms with Gasteiger partial charge in [-0.2, -0.15) is 0 Å². The lowest BCUT2D eigenvalue weighted by atomic mass is 9.98. The topological polar surface area (TPSA) is 55.8 Å². The molecule has 0 N–H and O–H groups in total. The van der Waals surface area contributed by atoms with Gasteiger partial charge >= 0.3 is 5.97 Å². The third kappa shape index (κ3) is 4.85. The number of hydrogen-bond donors (Lipinski definition) is 0. The first-order chi connectivity index (χ1) is 13.9. The summed E-state index contributed by atoms with van der Waals surface area (Å²) in [4.78, 5) is 31.1. The average Bonchev–Trinajstić information content (AvgIpc) is 3.18. The monoisotopic (exact) mass is 395 g/mol. The van der Waals surface area contributed by atoms with Crippen molar-refractivity contribution in [1.82, 2.24) is 5.06 Å². The van der Waals surface area contributed by atoms with E-state index >= 15 is 0 Å². The summed E-state index contributed by atoms with van der Waals surface area (Å²) < 4.78 is 5.20. The molecule has 0 atom stereocenters. The van der Waals surface area contributed by atoms with Gasteiger partial charge in [-0.15, -0.1) is 0 Å². The zero-order chi connectivity index (χ0) is 20.9. The van der Waals surface area contributed by atoms with Gasteiger partial charge in [-0.05, 0) is 61.8 Å². The minimum absolute atomic E-state index is 0.192. The minimum Gasteiger partial charge on any atom is -0.464 e. The fraction of sp³-hybridized carbons (Fsp3) is 0.417. The number of hydroxylamine groups is 2. The molecule has 0 saturated heterocycles. The summed E-state index contributed by atoms with van der Waals surface area (Å²) in [6, 6.07) is 16.2. The maximum atomic E-state index is 12.8. The van der Waals surface area contributed by atoms with Gasteiger partial charge in [0.15, 0.2) is 5.60 Å². The molecule has 154 valence electrons. The summed E-state index contributed by atoms with van der Waals surface area (Å²) in [6.07, 6.45) is 3.13. The molecule has 0 heterocycles. The van der Waals surface area contributed by atoms with Gasteiger partial charge in [0.1, 0.15) is 0 Å². The number of ether oxygens (including phenoxy) is 1. The number of nitrogens with zero attached hydrogens (tertiary/aromatic N) is 1. The largest absolute Gasteiger partial charge is 0.464 e. The maximum Gasteiger partial charge on any atom is 0.341 e. The number of carbonyl (C=O) groups excluding carboxylic acids is 2. The number of carbonyl (C=O) groups is 2. The maximum absolute atomic E-state index is 12.8.